The third kappa shape index (κ3) is 6.40. The molecule has 1 aliphatic rings. The van der Waals surface area contributed by atoms with Crippen molar-refractivity contribution in [1.29, 1.82) is 0 Å². The van der Waals surface area contributed by atoms with Gasteiger partial charge in [-0.3, -0.25) is 9.98 Å². The summed E-state index contributed by atoms with van der Waals surface area (Å²) >= 11 is 0. The number of fused-ring (bicyclic) bond motifs is 2. The molecule has 0 heterocycles. The Labute approximate surface area is 223 Å². The SMILES string of the molecule is CN=C(NC)NN=CC1c2ccccc2C(C=NNC(=NC)NC)c2ccccc21.I.I. The monoisotopic (exact) mass is 660 g/mol. The smallest absolute Gasteiger partial charge is 0.211 e. The lowest BCUT2D eigenvalue weighted by atomic mass is 9.73. The highest BCUT2D eigenvalue weighted by Gasteiger charge is 2.30. The van der Waals surface area contributed by atoms with E-state index in [0.717, 1.165) is 0 Å². The molecule has 1 aliphatic carbocycles. The second kappa shape index (κ2) is 14.0. The molecule has 0 aliphatic heterocycles. The van der Waals surface area contributed by atoms with E-state index in [2.05, 4.69) is 90.2 Å². The Bertz CT molecular complexity index is 862. The fourth-order valence-electron chi connectivity index (χ4n) is 3.59. The van der Waals surface area contributed by atoms with Gasteiger partial charge in [-0.15, -0.1) is 48.0 Å². The van der Waals surface area contributed by atoms with Crippen LogP contribution in [0.25, 0.3) is 0 Å². The molecule has 172 valence electrons. The van der Waals surface area contributed by atoms with Crippen LogP contribution >= 0.6 is 48.0 Å². The van der Waals surface area contributed by atoms with Crippen LogP contribution < -0.4 is 21.5 Å². The van der Waals surface area contributed by atoms with E-state index in [1.807, 2.05) is 12.4 Å². The molecule has 0 unspecified atom stereocenters. The van der Waals surface area contributed by atoms with Crippen molar-refractivity contribution in [2.75, 3.05) is 28.2 Å². The van der Waals surface area contributed by atoms with Gasteiger partial charge in [0.2, 0.25) is 11.9 Å². The normalized spacial score (nSPS) is 17.6. The van der Waals surface area contributed by atoms with Crippen LogP contribution in [-0.4, -0.2) is 52.5 Å². The summed E-state index contributed by atoms with van der Waals surface area (Å²) in [6.45, 7) is 0. The first kappa shape index (κ1) is 27.8. The Morgan fingerprint density at radius 2 is 0.969 bits per heavy atom. The van der Waals surface area contributed by atoms with Gasteiger partial charge in [-0.05, 0) is 22.3 Å². The highest BCUT2D eigenvalue weighted by Crippen LogP contribution is 2.41. The van der Waals surface area contributed by atoms with Crippen LogP contribution in [0.2, 0.25) is 0 Å². The summed E-state index contributed by atoms with van der Waals surface area (Å²) in [5, 5.41) is 14.8. The fraction of sp³-hybridized carbons (Fsp3) is 0.273. The molecule has 0 radical (unpaired) electrons. The summed E-state index contributed by atoms with van der Waals surface area (Å²) < 4.78 is 0. The zero-order chi connectivity index (χ0) is 21.3. The number of nitrogens with one attached hydrogen (secondary N) is 4. The highest BCUT2D eigenvalue weighted by molar-refractivity contribution is 14.0. The predicted molar refractivity (Wildman–Crippen MR) is 155 cm³/mol. The maximum atomic E-state index is 4.43. The number of rotatable bonds is 4. The van der Waals surface area contributed by atoms with E-state index in [4.69, 9.17) is 0 Å². The first-order chi connectivity index (χ1) is 14.7. The molecule has 0 fully saturated rings. The van der Waals surface area contributed by atoms with Crippen LogP contribution in [0.15, 0.2) is 68.7 Å². The Hall–Kier alpha value is -2.22. The Kier molecular flexibility index (Phi) is 12.2. The number of hydrogen-bond donors (Lipinski definition) is 4. The van der Waals surface area contributed by atoms with E-state index in [1.165, 1.54) is 22.3 Å². The second-order valence-corrected chi connectivity index (χ2v) is 6.64. The molecule has 2 aromatic carbocycles. The molecule has 32 heavy (non-hydrogen) atoms. The number of hydrogen-bond acceptors (Lipinski definition) is 4. The van der Waals surface area contributed by atoms with Gasteiger partial charge in [0.05, 0.1) is 0 Å². The number of guanidine groups is 2. The molecule has 8 nitrogen and oxygen atoms in total. The third-order valence-corrected chi connectivity index (χ3v) is 5.04. The van der Waals surface area contributed by atoms with Gasteiger partial charge in [0.25, 0.3) is 0 Å². The molecule has 0 atom stereocenters. The van der Waals surface area contributed by atoms with Crippen molar-refractivity contribution in [1.82, 2.24) is 21.5 Å². The van der Waals surface area contributed by atoms with Crippen LogP contribution in [0.5, 0.6) is 0 Å². The minimum atomic E-state index is 0. The number of nitrogens with zero attached hydrogens (tertiary/aromatic N) is 4. The maximum absolute atomic E-state index is 4.43. The molecule has 0 saturated heterocycles. The first-order valence-corrected chi connectivity index (χ1v) is 9.78. The first-order valence-electron chi connectivity index (χ1n) is 9.78. The van der Waals surface area contributed by atoms with Gasteiger partial charge in [0.1, 0.15) is 0 Å². The van der Waals surface area contributed by atoms with Crippen molar-refractivity contribution >= 4 is 72.3 Å². The number of aliphatic imine (C=N–C) groups is 2. The molecule has 10 heteroatoms. The Morgan fingerprint density at radius 1 is 0.656 bits per heavy atom. The number of hydrazone groups is 2. The molecule has 4 N–H and O–H groups in total. The maximum Gasteiger partial charge on any atom is 0.211 e. The van der Waals surface area contributed by atoms with Crippen LogP contribution in [0, 0.1) is 0 Å². The van der Waals surface area contributed by atoms with Gasteiger partial charge in [-0.2, -0.15) is 10.2 Å². The van der Waals surface area contributed by atoms with Crippen molar-refractivity contribution in [3.8, 4) is 0 Å². The highest BCUT2D eigenvalue weighted by atomic mass is 127. The van der Waals surface area contributed by atoms with E-state index in [-0.39, 0.29) is 59.8 Å². The van der Waals surface area contributed by atoms with E-state index in [1.54, 1.807) is 28.2 Å². The molecule has 0 spiro atoms. The van der Waals surface area contributed by atoms with Gasteiger partial charge in [0, 0.05) is 52.5 Å². The molecule has 2 aromatic rings. The summed E-state index contributed by atoms with van der Waals surface area (Å²) in [6.07, 6.45) is 3.85. The quantitative estimate of drug-likeness (QED) is 0.176. The van der Waals surface area contributed by atoms with Gasteiger partial charge in [0.15, 0.2) is 0 Å². The third-order valence-electron chi connectivity index (χ3n) is 5.04. The molecule has 0 saturated carbocycles. The zero-order valence-corrected chi connectivity index (χ0v) is 23.2. The predicted octanol–water partition coefficient (Wildman–Crippen LogP) is 3.06. The Morgan fingerprint density at radius 3 is 1.22 bits per heavy atom. The van der Waals surface area contributed by atoms with Crippen molar-refractivity contribution in [2.24, 2.45) is 20.2 Å². The number of halogens is 2. The fourth-order valence-corrected chi connectivity index (χ4v) is 3.59. The van der Waals surface area contributed by atoms with Crippen molar-refractivity contribution in [3.63, 3.8) is 0 Å². The number of benzene rings is 2. The lowest BCUT2D eigenvalue weighted by Gasteiger charge is -2.30. The minimum Gasteiger partial charge on any atom is -0.358 e. The van der Waals surface area contributed by atoms with E-state index < -0.39 is 0 Å². The zero-order valence-electron chi connectivity index (χ0n) is 18.5. The van der Waals surface area contributed by atoms with Gasteiger partial charge >= 0.3 is 0 Å². The summed E-state index contributed by atoms with van der Waals surface area (Å²) in [4.78, 5) is 8.19. The van der Waals surface area contributed by atoms with E-state index >= 15 is 0 Å². The molecule has 0 bridgehead atoms. The van der Waals surface area contributed by atoms with Crippen molar-refractivity contribution in [3.05, 3.63) is 70.8 Å². The summed E-state index contributed by atoms with van der Waals surface area (Å²) in [7, 11) is 7.02. The van der Waals surface area contributed by atoms with Gasteiger partial charge < -0.3 is 10.6 Å². The van der Waals surface area contributed by atoms with Crippen LogP contribution in [0.4, 0.5) is 0 Å². The van der Waals surface area contributed by atoms with Gasteiger partial charge in [-0.1, -0.05) is 48.5 Å². The molecule has 0 amide bonds. The lowest BCUT2D eigenvalue weighted by molar-refractivity contribution is 0.883. The second-order valence-electron chi connectivity index (χ2n) is 6.64. The van der Waals surface area contributed by atoms with E-state index in [9.17, 15) is 0 Å². The summed E-state index contributed by atoms with van der Waals surface area (Å²) in [6, 6.07) is 16.8. The van der Waals surface area contributed by atoms with Crippen LogP contribution in [0.3, 0.4) is 0 Å². The standard InChI is InChI=1S/C22H28N8.2HI/c1-23-21(24-2)29-27-13-19-15-9-5-7-11-17(15)20(14-28-30-22(25-3)26-4)18-12-8-6-10-16(18)19;;/h5-14,19-20H,1-4H3,(H2,23,24,29)(H2,25,26,30);2*1H. The average molecular weight is 660 g/mol. The molecular formula is C22H30I2N8. The van der Waals surface area contributed by atoms with E-state index in [0.29, 0.717) is 11.9 Å². The largest absolute Gasteiger partial charge is 0.358 e. The van der Waals surface area contributed by atoms with Crippen LogP contribution in [0.1, 0.15) is 34.1 Å². The molecule has 3 rings (SSSR count). The van der Waals surface area contributed by atoms with Crippen LogP contribution in [-0.2, 0) is 0 Å². The topological polar surface area (TPSA) is 97.6 Å². The Balaban J connectivity index is 0.00000256. The molecule has 0 aromatic heterocycles. The summed E-state index contributed by atoms with van der Waals surface area (Å²) in [5.74, 6) is 1.28. The minimum absolute atomic E-state index is 0. The average Bonchev–Trinajstić information content (AvgIpc) is 2.80. The summed E-state index contributed by atoms with van der Waals surface area (Å²) in [5.41, 5.74) is 10.7. The van der Waals surface area contributed by atoms with Gasteiger partial charge in [-0.25, -0.2) is 10.9 Å². The lowest BCUT2D eigenvalue weighted by Crippen LogP contribution is -2.32. The van der Waals surface area contributed by atoms with Crippen molar-refractivity contribution < 1.29 is 0 Å². The molecular weight excluding hydrogens is 630 g/mol. The van der Waals surface area contributed by atoms with Crippen molar-refractivity contribution in [2.45, 2.75) is 11.8 Å².